The molecule has 0 fully saturated rings. The molecule has 2 aliphatic heterocycles. The lowest BCUT2D eigenvalue weighted by atomic mass is 9.85. The van der Waals surface area contributed by atoms with E-state index in [-0.39, 0.29) is 11.7 Å². The van der Waals surface area contributed by atoms with Gasteiger partial charge in [0.05, 0.1) is 0 Å². The summed E-state index contributed by atoms with van der Waals surface area (Å²) in [7, 11) is 0. The van der Waals surface area contributed by atoms with Crippen molar-refractivity contribution in [1.29, 1.82) is 0 Å². The Morgan fingerprint density at radius 2 is 1.33 bits per heavy atom. The van der Waals surface area contributed by atoms with Crippen LogP contribution in [0.1, 0.15) is 141 Å². The van der Waals surface area contributed by atoms with E-state index in [1.165, 1.54) is 120 Å². The molecular formula is C36H53NO2. The number of aromatic hydroxyl groups is 1. The Labute approximate surface area is 238 Å². The van der Waals surface area contributed by atoms with Crippen LogP contribution in [0, 0.1) is 0 Å². The van der Waals surface area contributed by atoms with Crippen LogP contribution in [-0.4, -0.2) is 17.4 Å². The number of para-hydroxylation sites is 1. The minimum atomic E-state index is -0.497. The quantitative estimate of drug-likeness (QED) is 0.206. The molecule has 2 atom stereocenters. The summed E-state index contributed by atoms with van der Waals surface area (Å²) < 4.78 is 6.88. The number of unbranched alkanes of at least 4 members (excludes halogenated alkanes) is 15. The molecule has 0 aliphatic carbocycles. The fraction of sp³-hybridized carbons (Fsp3) is 0.611. The molecule has 1 N–H and O–H groups in total. The second kappa shape index (κ2) is 14.8. The number of ether oxygens (including phenoxy) is 1. The van der Waals surface area contributed by atoms with Crippen LogP contribution >= 0.6 is 0 Å². The topological polar surface area (TPSA) is 32.7 Å². The maximum atomic E-state index is 9.99. The zero-order valence-electron chi connectivity index (χ0n) is 25.0. The number of hydrogen-bond acceptors (Lipinski definition) is 3. The van der Waals surface area contributed by atoms with Crippen molar-refractivity contribution in [2.45, 2.75) is 135 Å². The van der Waals surface area contributed by atoms with Gasteiger partial charge in [0.2, 0.25) is 5.72 Å². The Morgan fingerprint density at radius 1 is 0.769 bits per heavy atom. The third kappa shape index (κ3) is 7.21. The molecule has 39 heavy (non-hydrogen) atoms. The molecule has 0 aromatic heterocycles. The van der Waals surface area contributed by atoms with E-state index in [0.29, 0.717) is 0 Å². The number of anilines is 1. The first-order chi connectivity index (χ1) is 19.1. The zero-order chi connectivity index (χ0) is 27.5. The fourth-order valence-corrected chi connectivity index (χ4v) is 6.85. The van der Waals surface area contributed by atoms with Crippen molar-refractivity contribution in [1.82, 2.24) is 0 Å². The third-order valence-corrected chi connectivity index (χ3v) is 9.11. The van der Waals surface area contributed by atoms with E-state index in [1.54, 1.807) is 12.1 Å². The van der Waals surface area contributed by atoms with Crippen molar-refractivity contribution in [2.24, 2.45) is 0 Å². The average molecular weight is 532 g/mol. The van der Waals surface area contributed by atoms with Gasteiger partial charge in [-0.3, -0.25) is 0 Å². The van der Waals surface area contributed by atoms with Crippen molar-refractivity contribution in [2.75, 3.05) is 11.4 Å². The lowest BCUT2D eigenvalue weighted by Crippen LogP contribution is -2.55. The van der Waals surface area contributed by atoms with E-state index in [4.69, 9.17) is 4.74 Å². The smallest absolute Gasteiger partial charge is 0.212 e. The van der Waals surface area contributed by atoms with Gasteiger partial charge in [-0.1, -0.05) is 128 Å². The van der Waals surface area contributed by atoms with Crippen molar-refractivity contribution in [3.63, 3.8) is 0 Å². The number of hydrogen-bond donors (Lipinski definition) is 1. The van der Waals surface area contributed by atoms with Gasteiger partial charge in [-0.15, -0.1) is 0 Å². The van der Waals surface area contributed by atoms with Crippen LogP contribution < -0.4 is 9.64 Å². The highest BCUT2D eigenvalue weighted by Crippen LogP contribution is 2.54. The van der Waals surface area contributed by atoms with E-state index in [2.05, 4.69) is 56.0 Å². The Balaban J connectivity index is 1.19. The van der Waals surface area contributed by atoms with Crippen molar-refractivity contribution < 1.29 is 9.84 Å². The van der Waals surface area contributed by atoms with Gasteiger partial charge in [-0.2, -0.15) is 0 Å². The first-order valence-corrected chi connectivity index (χ1v) is 16.1. The first-order valence-electron chi connectivity index (χ1n) is 16.1. The minimum Gasteiger partial charge on any atom is -0.508 e. The normalized spacial score (nSPS) is 19.6. The number of phenolic OH excluding ortho intramolecular Hbond substituents is 1. The van der Waals surface area contributed by atoms with Crippen molar-refractivity contribution in [3.05, 3.63) is 59.2 Å². The molecule has 0 saturated heterocycles. The van der Waals surface area contributed by atoms with Crippen LogP contribution in [0.4, 0.5) is 5.69 Å². The van der Waals surface area contributed by atoms with Crippen LogP contribution in [0.3, 0.4) is 0 Å². The molecule has 0 saturated carbocycles. The summed E-state index contributed by atoms with van der Waals surface area (Å²) >= 11 is 0. The number of benzene rings is 2. The monoisotopic (exact) mass is 531 g/mol. The summed E-state index contributed by atoms with van der Waals surface area (Å²) in [6.07, 6.45) is 24.4. The molecule has 4 rings (SSSR count). The minimum absolute atomic E-state index is 0.230. The molecule has 2 aromatic rings. The second-order valence-corrected chi connectivity index (χ2v) is 12.1. The third-order valence-electron chi connectivity index (χ3n) is 9.11. The largest absolute Gasteiger partial charge is 0.508 e. The van der Waals surface area contributed by atoms with Crippen molar-refractivity contribution >= 4 is 11.8 Å². The molecular weight excluding hydrogens is 478 g/mol. The predicted octanol–water partition coefficient (Wildman–Crippen LogP) is 10.8. The van der Waals surface area contributed by atoms with Crippen molar-refractivity contribution in [3.8, 4) is 11.5 Å². The Hall–Kier alpha value is -2.42. The van der Waals surface area contributed by atoms with Gasteiger partial charge >= 0.3 is 0 Å². The zero-order valence-corrected chi connectivity index (χ0v) is 25.0. The first kappa shape index (κ1) is 29.6. The summed E-state index contributed by atoms with van der Waals surface area (Å²) in [6.45, 7) is 7.78. The SMILES string of the molecule is CCCCCCCCCCCCCCCCCCN1c2ccccc2C(C)C12Oc1ccc(O)cc1C=C2C. The molecule has 2 aliphatic rings. The maximum Gasteiger partial charge on any atom is 0.212 e. The van der Waals surface area contributed by atoms with E-state index >= 15 is 0 Å². The highest BCUT2D eigenvalue weighted by molar-refractivity contribution is 5.73. The van der Waals surface area contributed by atoms with Gasteiger partial charge in [0.15, 0.2) is 0 Å². The van der Waals surface area contributed by atoms with E-state index < -0.39 is 5.72 Å². The van der Waals surface area contributed by atoms with Crippen LogP contribution in [0.15, 0.2) is 48.0 Å². The van der Waals surface area contributed by atoms with Gasteiger partial charge in [0, 0.05) is 23.7 Å². The molecule has 3 heteroatoms. The highest BCUT2D eigenvalue weighted by Gasteiger charge is 2.54. The summed E-state index contributed by atoms with van der Waals surface area (Å²) in [5.74, 6) is 1.37. The van der Waals surface area contributed by atoms with E-state index in [0.717, 1.165) is 17.9 Å². The lowest BCUT2D eigenvalue weighted by Gasteiger charge is -2.46. The summed E-state index contributed by atoms with van der Waals surface area (Å²) in [6, 6.07) is 14.3. The van der Waals surface area contributed by atoms with Gasteiger partial charge in [0.25, 0.3) is 0 Å². The van der Waals surface area contributed by atoms with Gasteiger partial charge in [-0.25, -0.2) is 0 Å². The number of fused-ring (bicyclic) bond motifs is 2. The molecule has 2 heterocycles. The lowest BCUT2D eigenvalue weighted by molar-refractivity contribution is 0.0851. The molecule has 3 nitrogen and oxygen atoms in total. The predicted molar refractivity (Wildman–Crippen MR) is 167 cm³/mol. The summed E-state index contributed by atoms with van der Waals surface area (Å²) in [5, 5.41) is 9.99. The van der Waals surface area contributed by atoms with Crippen LogP contribution in [0.25, 0.3) is 6.08 Å². The summed E-state index contributed by atoms with van der Waals surface area (Å²) in [4.78, 5) is 2.53. The fourth-order valence-electron chi connectivity index (χ4n) is 6.85. The Morgan fingerprint density at radius 3 is 1.95 bits per heavy atom. The van der Waals surface area contributed by atoms with Gasteiger partial charge in [0.1, 0.15) is 11.5 Å². The standard InChI is InChI=1S/C36H53NO2/c1-4-5-6-7-8-9-10-11-12-13-14-15-16-17-18-21-26-37-34-23-20-19-22-33(34)30(3)36(37)29(2)27-31-28-32(38)24-25-35(31)39-36/h19-20,22-25,27-28,30,38H,4-18,21,26H2,1-3H3. The molecule has 2 unspecified atom stereocenters. The number of rotatable bonds is 17. The van der Waals surface area contributed by atoms with Crippen LogP contribution in [0.5, 0.6) is 11.5 Å². The molecule has 0 radical (unpaired) electrons. The highest BCUT2D eigenvalue weighted by atomic mass is 16.5. The second-order valence-electron chi connectivity index (χ2n) is 12.1. The average Bonchev–Trinajstić information content (AvgIpc) is 3.17. The molecule has 214 valence electrons. The van der Waals surface area contributed by atoms with Crippen LogP contribution in [0.2, 0.25) is 0 Å². The summed E-state index contributed by atoms with van der Waals surface area (Å²) in [5.41, 5.74) is 4.35. The number of phenols is 1. The van der Waals surface area contributed by atoms with E-state index in [1.807, 2.05) is 6.07 Å². The Bertz CT molecular complexity index is 1060. The maximum absolute atomic E-state index is 9.99. The Kier molecular flexibility index (Phi) is 11.2. The van der Waals surface area contributed by atoms with Gasteiger partial charge in [-0.05, 0) is 54.8 Å². The van der Waals surface area contributed by atoms with Gasteiger partial charge < -0.3 is 14.7 Å². The molecule has 0 amide bonds. The number of nitrogens with zero attached hydrogens (tertiary/aromatic N) is 1. The molecule has 2 aromatic carbocycles. The van der Waals surface area contributed by atoms with E-state index in [9.17, 15) is 5.11 Å². The molecule has 1 spiro atoms. The molecule has 0 bridgehead atoms. The van der Waals surface area contributed by atoms with Crippen LogP contribution in [-0.2, 0) is 0 Å².